The fourth-order valence-corrected chi connectivity index (χ4v) is 2.44. The molecule has 0 aliphatic carbocycles. The van der Waals surface area contributed by atoms with Crippen molar-refractivity contribution < 1.29 is 19.4 Å². The predicted octanol–water partition coefficient (Wildman–Crippen LogP) is 1.41. The molecule has 0 radical (unpaired) electrons. The second kappa shape index (κ2) is 7.26. The summed E-state index contributed by atoms with van der Waals surface area (Å²) in [4.78, 5) is 13.5. The Kier molecular flexibility index (Phi) is 5.38. The van der Waals surface area contributed by atoms with Crippen LogP contribution in [0.25, 0.3) is 0 Å². The van der Waals surface area contributed by atoms with E-state index in [0.717, 1.165) is 11.3 Å². The van der Waals surface area contributed by atoms with Crippen molar-refractivity contribution in [3.05, 3.63) is 29.8 Å². The zero-order chi connectivity index (χ0) is 14.4. The topological polar surface area (TPSA) is 59.0 Å². The van der Waals surface area contributed by atoms with E-state index in [9.17, 15) is 9.90 Å². The van der Waals surface area contributed by atoms with Gasteiger partial charge >= 0.3 is 5.97 Å². The van der Waals surface area contributed by atoms with Gasteiger partial charge in [0.05, 0.1) is 19.8 Å². The first-order valence-corrected chi connectivity index (χ1v) is 6.97. The number of hydrogen-bond acceptors (Lipinski definition) is 4. The van der Waals surface area contributed by atoms with Crippen LogP contribution in [0.15, 0.2) is 24.3 Å². The van der Waals surface area contributed by atoms with Crippen LogP contribution in [-0.4, -0.2) is 54.9 Å². The number of morpholine rings is 1. The zero-order valence-corrected chi connectivity index (χ0v) is 11.7. The lowest BCUT2D eigenvalue weighted by molar-refractivity contribution is -0.145. The lowest BCUT2D eigenvalue weighted by Gasteiger charge is -2.32. The fourth-order valence-electron chi connectivity index (χ4n) is 2.44. The van der Waals surface area contributed by atoms with Gasteiger partial charge < -0.3 is 14.6 Å². The number of aliphatic carboxylic acids is 1. The number of ether oxygens (including phenoxy) is 2. The lowest BCUT2D eigenvalue weighted by atomic mass is 10.0. The molecule has 1 aromatic rings. The summed E-state index contributed by atoms with van der Waals surface area (Å²) < 4.78 is 10.9. The second-order valence-electron chi connectivity index (χ2n) is 4.75. The molecule has 0 unspecified atom stereocenters. The average molecular weight is 279 g/mol. The van der Waals surface area contributed by atoms with Crippen molar-refractivity contribution in [2.24, 2.45) is 0 Å². The van der Waals surface area contributed by atoms with Gasteiger partial charge in [0.2, 0.25) is 0 Å². The largest absolute Gasteiger partial charge is 0.494 e. The molecular formula is C15H21NO4. The molecule has 1 heterocycles. The van der Waals surface area contributed by atoms with Gasteiger partial charge in [-0.25, -0.2) is 0 Å². The number of rotatable bonds is 6. The van der Waals surface area contributed by atoms with Gasteiger partial charge in [-0.1, -0.05) is 18.2 Å². The molecular weight excluding hydrogens is 258 g/mol. The van der Waals surface area contributed by atoms with Crippen LogP contribution in [-0.2, 0) is 16.0 Å². The van der Waals surface area contributed by atoms with Crippen LogP contribution in [0.2, 0.25) is 0 Å². The quantitative estimate of drug-likeness (QED) is 0.853. The molecule has 1 saturated heterocycles. The van der Waals surface area contributed by atoms with E-state index in [1.807, 2.05) is 36.1 Å². The first-order chi connectivity index (χ1) is 9.72. The maximum absolute atomic E-state index is 11.5. The molecule has 20 heavy (non-hydrogen) atoms. The van der Waals surface area contributed by atoms with Crippen molar-refractivity contribution in [2.45, 2.75) is 19.4 Å². The third-order valence-electron chi connectivity index (χ3n) is 3.46. The molecule has 0 saturated carbocycles. The Labute approximate surface area is 119 Å². The van der Waals surface area contributed by atoms with Gasteiger partial charge in [0.25, 0.3) is 0 Å². The number of benzene rings is 1. The fraction of sp³-hybridized carbons (Fsp3) is 0.533. The summed E-state index contributed by atoms with van der Waals surface area (Å²) in [6.45, 7) is 5.01. The molecule has 2 rings (SSSR count). The van der Waals surface area contributed by atoms with Crippen LogP contribution in [0.4, 0.5) is 0 Å². The minimum atomic E-state index is -0.793. The highest BCUT2D eigenvalue weighted by molar-refractivity contribution is 5.74. The van der Waals surface area contributed by atoms with Crippen LogP contribution >= 0.6 is 0 Å². The van der Waals surface area contributed by atoms with Crippen LogP contribution in [0.3, 0.4) is 0 Å². The number of carbonyl (C=O) groups is 1. The number of para-hydroxylation sites is 1. The molecule has 0 amide bonds. The Morgan fingerprint density at radius 2 is 2.10 bits per heavy atom. The molecule has 1 atom stereocenters. The standard InChI is InChI=1S/C15H21NO4/c1-2-20-14-6-4-3-5-12(14)11-13(15(17)18)16-7-9-19-10-8-16/h3-6,13H,2,7-11H2,1H3,(H,17,18)/t13-/m1/s1. The first kappa shape index (κ1) is 14.8. The molecule has 1 fully saturated rings. The molecule has 1 aliphatic heterocycles. The van der Waals surface area contributed by atoms with Crippen LogP contribution < -0.4 is 4.74 Å². The first-order valence-electron chi connectivity index (χ1n) is 6.97. The Morgan fingerprint density at radius 1 is 1.40 bits per heavy atom. The van der Waals surface area contributed by atoms with Gasteiger partial charge in [0.1, 0.15) is 11.8 Å². The van der Waals surface area contributed by atoms with Crippen molar-refractivity contribution in [1.29, 1.82) is 0 Å². The maximum Gasteiger partial charge on any atom is 0.321 e. The van der Waals surface area contributed by atoms with Gasteiger partial charge in [0.15, 0.2) is 0 Å². The van der Waals surface area contributed by atoms with E-state index < -0.39 is 12.0 Å². The molecule has 1 N–H and O–H groups in total. The maximum atomic E-state index is 11.5. The Hall–Kier alpha value is -1.59. The third kappa shape index (κ3) is 3.71. The summed E-state index contributed by atoms with van der Waals surface area (Å²) in [5.74, 6) is -0.0206. The van der Waals surface area contributed by atoms with E-state index >= 15 is 0 Å². The van der Waals surface area contributed by atoms with E-state index in [4.69, 9.17) is 9.47 Å². The predicted molar refractivity (Wildman–Crippen MR) is 75.1 cm³/mol. The average Bonchev–Trinajstić information content (AvgIpc) is 2.47. The lowest BCUT2D eigenvalue weighted by Crippen LogP contribution is -2.48. The van der Waals surface area contributed by atoms with Crippen molar-refractivity contribution in [3.63, 3.8) is 0 Å². The van der Waals surface area contributed by atoms with Gasteiger partial charge in [0, 0.05) is 19.5 Å². The molecule has 0 aromatic heterocycles. The third-order valence-corrected chi connectivity index (χ3v) is 3.46. The Morgan fingerprint density at radius 3 is 2.75 bits per heavy atom. The summed E-state index contributed by atoms with van der Waals surface area (Å²) in [5, 5.41) is 9.48. The summed E-state index contributed by atoms with van der Waals surface area (Å²) in [7, 11) is 0. The molecule has 0 spiro atoms. The van der Waals surface area contributed by atoms with Gasteiger partial charge in [-0.15, -0.1) is 0 Å². The number of carboxylic acids is 1. The van der Waals surface area contributed by atoms with Crippen molar-refractivity contribution in [3.8, 4) is 5.75 Å². The summed E-state index contributed by atoms with van der Waals surface area (Å²) in [6, 6.07) is 7.11. The van der Waals surface area contributed by atoms with E-state index in [1.165, 1.54) is 0 Å². The molecule has 1 aliphatic rings. The Balaban J connectivity index is 2.13. The van der Waals surface area contributed by atoms with Crippen LogP contribution in [0, 0.1) is 0 Å². The molecule has 1 aromatic carbocycles. The highest BCUT2D eigenvalue weighted by Gasteiger charge is 2.28. The Bertz CT molecular complexity index is 443. The van der Waals surface area contributed by atoms with E-state index in [2.05, 4.69) is 0 Å². The molecule has 5 heteroatoms. The highest BCUT2D eigenvalue weighted by atomic mass is 16.5. The zero-order valence-electron chi connectivity index (χ0n) is 11.7. The van der Waals surface area contributed by atoms with Crippen molar-refractivity contribution >= 4 is 5.97 Å². The molecule has 110 valence electrons. The summed E-state index contributed by atoms with van der Waals surface area (Å²) >= 11 is 0. The smallest absolute Gasteiger partial charge is 0.321 e. The minimum Gasteiger partial charge on any atom is -0.494 e. The summed E-state index contributed by atoms with van der Waals surface area (Å²) in [5.41, 5.74) is 0.938. The van der Waals surface area contributed by atoms with E-state index in [-0.39, 0.29) is 0 Å². The SMILES string of the molecule is CCOc1ccccc1C[C@H](C(=O)O)N1CCOCC1. The van der Waals surface area contributed by atoms with E-state index in [1.54, 1.807) is 0 Å². The highest BCUT2D eigenvalue weighted by Crippen LogP contribution is 2.21. The van der Waals surface area contributed by atoms with Gasteiger partial charge in [-0.2, -0.15) is 0 Å². The van der Waals surface area contributed by atoms with Crippen LogP contribution in [0.5, 0.6) is 5.75 Å². The normalized spacial score (nSPS) is 17.6. The van der Waals surface area contributed by atoms with Gasteiger partial charge in [-0.3, -0.25) is 9.69 Å². The van der Waals surface area contributed by atoms with Crippen LogP contribution in [0.1, 0.15) is 12.5 Å². The second-order valence-corrected chi connectivity index (χ2v) is 4.75. The van der Waals surface area contributed by atoms with Crippen molar-refractivity contribution in [2.75, 3.05) is 32.9 Å². The number of hydrogen-bond donors (Lipinski definition) is 1. The monoisotopic (exact) mass is 279 g/mol. The molecule has 5 nitrogen and oxygen atoms in total. The number of nitrogens with zero attached hydrogens (tertiary/aromatic N) is 1. The summed E-state index contributed by atoms with van der Waals surface area (Å²) in [6.07, 6.45) is 0.450. The number of carboxylic acid groups (broad SMARTS) is 1. The minimum absolute atomic E-state index is 0.450. The molecule has 0 bridgehead atoms. The van der Waals surface area contributed by atoms with Gasteiger partial charge in [-0.05, 0) is 18.6 Å². The van der Waals surface area contributed by atoms with E-state index in [0.29, 0.717) is 39.3 Å². The van der Waals surface area contributed by atoms with Crippen molar-refractivity contribution in [1.82, 2.24) is 4.90 Å².